The molecule has 0 radical (unpaired) electrons. The quantitative estimate of drug-likeness (QED) is 0.155. The number of nitrogen functional groups attached to an aromatic ring is 1. The van der Waals surface area contributed by atoms with Crippen molar-refractivity contribution in [1.82, 2.24) is 19.8 Å². The Kier molecular flexibility index (Phi) is 12.2. The SMILES string of the molecule is C/C=C/C(=O)N1CCCC1.CCNc1nc(OC)nc2c(F)c(-c3ccc(F)c4sc(N)c(C#N)c34)c(C(F)(F)F)cc12.FC1CC2CCCN2C1. The van der Waals surface area contributed by atoms with E-state index < -0.39 is 40.6 Å². The lowest BCUT2D eigenvalue weighted by Gasteiger charge is -2.18. The Labute approximate surface area is 301 Å². The number of carbonyl (C=O) groups is 1. The Morgan fingerprint density at radius 1 is 1.19 bits per heavy atom. The van der Waals surface area contributed by atoms with E-state index in [0.29, 0.717) is 23.9 Å². The number of nitrogens with two attached hydrogens (primary N) is 1. The first-order valence-corrected chi connectivity index (χ1v) is 17.7. The van der Waals surface area contributed by atoms with Crippen molar-refractivity contribution in [1.29, 1.82) is 5.26 Å². The van der Waals surface area contributed by atoms with E-state index in [2.05, 4.69) is 20.2 Å². The second-order valence-electron chi connectivity index (χ2n) is 12.5. The molecule has 9 nitrogen and oxygen atoms in total. The Morgan fingerprint density at radius 2 is 1.92 bits per heavy atom. The average Bonchev–Trinajstić information content (AvgIpc) is 3.91. The van der Waals surface area contributed by atoms with Crippen LogP contribution in [0, 0.1) is 23.0 Å². The van der Waals surface area contributed by atoms with Crippen molar-refractivity contribution < 1.29 is 35.9 Å². The van der Waals surface area contributed by atoms with Crippen LogP contribution in [-0.4, -0.2) is 77.7 Å². The lowest BCUT2D eigenvalue weighted by atomic mass is 9.92. The molecule has 3 N–H and O–H groups in total. The highest BCUT2D eigenvalue weighted by Crippen LogP contribution is 2.47. The van der Waals surface area contributed by atoms with Gasteiger partial charge in [-0.05, 0) is 76.3 Å². The van der Waals surface area contributed by atoms with Crippen molar-refractivity contribution in [2.75, 3.05) is 50.9 Å². The Hall–Kier alpha value is -4.62. The number of carbonyl (C=O) groups excluding carboxylic acids is 1. The molecule has 1 amide bonds. The number of hydrogen-bond acceptors (Lipinski definition) is 9. The largest absolute Gasteiger partial charge is 0.467 e. The van der Waals surface area contributed by atoms with Crippen LogP contribution in [0.2, 0.25) is 0 Å². The second-order valence-corrected chi connectivity index (χ2v) is 13.6. The minimum absolute atomic E-state index is 0.0444. The summed E-state index contributed by atoms with van der Waals surface area (Å²) in [6.07, 6.45) is 3.58. The summed E-state index contributed by atoms with van der Waals surface area (Å²) in [7, 11) is 1.23. The minimum atomic E-state index is -5.00. The van der Waals surface area contributed by atoms with Gasteiger partial charge in [0, 0.05) is 48.6 Å². The van der Waals surface area contributed by atoms with Crippen LogP contribution in [0.1, 0.15) is 57.1 Å². The van der Waals surface area contributed by atoms with Gasteiger partial charge in [0.1, 0.15) is 34.4 Å². The number of thiophene rings is 1. The molecule has 0 saturated carbocycles. The summed E-state index contributed by atoms with van der Waals surface area (Å²) in [5, 5.41) is 11.8. The standard InChI is InChI=1S/C21H14F5N5OS.C8H13NO.C7H12FN/c1-3-29-19-9-6-11(21(24,25)26)14(15(23)16(9)30-20(31-19)32-2)8-4-5-12(22)17-13(8)10(7-27)18(28)33-17;1-2-5-8(10)9-6-3-4-7-9;8-6-4-7-2-1-3-9(7)5-6/h4-6H,3,28H2,1-2H3,(H,29,30,31);2,5H,3-4,6-7H2,1H3;6-7H,1-5H2/b;5-2+;. The van der Waals surface area contributed by atoms with Gasteiger partial charge in [-0.3, -0.25) is 9.69 Å². The van der Waals surface area contributed by atoms with E-state index in [1.807, 2.05) is 11.8 Å². The van der Waals surface area contributed by atoms with Crippen molar-refractivity contribution in [3.63, 3.8) is 0 Å². The van der Waals surface area contributed by atoms with Crippen LogP contribution >= 0.6 is 11.3 Å². The van der Waals surface area contributed by atoms with E-state index in [-0.39, 0.29) is 55.9 Å². The number of nitrogens with one attached hydrogen (secondary N) is 1. The van der Waals surface area contributed by atoms with Crippen molar-refractivity contribution in [3.05, 3.63) is 53.1 Å². The summed E-state index contributed by atoms with van der Waals surface area (Å²) in [5.74, 6) is -1.99. The topological polar surface area (TPSA) is 120 Å². The van der Waals surface area contributed by atoms with Gasteiger partial charge in [-0.25, -0.2) is 13.2 Å². The predicted octanol–water partition coefficient (Wildman–Crippen LogP) is 8.08. The third-order valence-corrected chi connectivity index (χ3v) is 10.2. The number of fused-ring (bicyclic) bond motifs is 3. The van der Waals surface area contributed by atoms with Crippen LogP contribution in [0.5, 0.6) is 6.01 Å². The highest BCUT2D eigenvalue weighted by atomic mass is 32.1. The average molecular weight is 748 g/mol. The third kappa shape index (κ3) is 8.05. The molecule has 278 valence electrons. The Bertz CT molecular complexity index is 1990. The van der Waals surface area contributed by atoms with Crippen LogP contribution in [0.4, 0.5) is 37.2 Å². The molecule has 3 aliphatic rings. The molecule has 7 rings (SSSR count). The molecule has 16 heteroatoms. The van der Waals surface area contributed by atoms with Crippen molar-refractivity contribution in [3.8, 4) is 23.2 Å². The Morgan fingerprint density at radius 3 is 2.54 bits per heavy atom. The maximum atomic E-state index is 15.9. The van der Waals surface area contributed by atoms with Crippen LogP contribution in [0.3, 0.4) is 0 Å². The molecule has 2 aromatic heterocycles. The molecule has 5 heterocycles. The second kappa shape index (κ2) is 16.4. The zero-order valence-corrected chi connectivity index (χ0v) is 29.7. The monoisotopic (exact) mass is 747 g/mol. The van der Waals surface area contributed by atoms with Gasteiger partial charge < -0.3 is 20.7 Å². The van der Waals surface area contributed by atoms with E-state index in [4.69, 9.17) is 10.5 Å². The van der Waals surface area contributed by atoms with Crippen LogP contribution < -0.4 is 15.8 Å². The van der Waals surface area contributed by atoms with Gasteiger partial charge in [-0.2, -0.15) is 28.4 Å². The number of alkyl halides is 4. The van der Waals surface area contributed by atoms with Crippen molar-refractivity contribution in [2.24, 2.45) is 0 Å². The van der Waals surface area contributed by atoms with Gasteiger partial charge in [0.15, 0.2) is 5.82 Å². The maximum Gasteiger partial charge on any atom is 0.417 e. The molecule has 0 spiro atoms. The number of hydrogen-bond donors (Lipinski definition) is 2. The van der Waals surface area contributed by atoms with Gasteiger partial charge in [-0.15, -0.1) is 11.3 Å². The number of likely N-dealkylation sites (tertiary alicyclic amines) is 1. The van der Waals surface area contributed by atoms with Crippen LogP contribution in [0.25, 0.3) is 32.1 Å². The molecule has 3 saturated heterocycles. The lowest BCUT2D eigenvalue weighted by Crippen LogP contribution is -2.25. The molecule has 0 bridgehead atoms. The molecular formula is C36H39F6N7O2S. The molecule has 2 unspecified atom stereocenters. The zero-order valence-electron chi connectivity index (χ0n) is 28.9. The van der Waals surface area contributed by atoms with Gasteiger partial charge in [-0.1, -0.05) is 12.1 Å². The first-order valence-electron chi connectivity index (χ1n) is 16.9. The summed E-state index contributed by atoms with van der Waals surface area (Å²) in [4.78, 5) is 23.2. The molecule has 3 aliphatic heterocycles. The summed E-state index contributed by atoms with van der Waals surface area (Å²) in [6.45, 7) is 7.60. The summed E-state index contributed by atoms with van der Waals surface area (Å²) in [5.41, 5.74) is 2.59. The number of rotatable bonds is 5. The van der Waals surface area contributed by atoms with Crippen LogP contribution in [-0.2, 0) is 11.0 Å². The molecular weight excluding hydrogens is 708 g/mol. The smallest absolute Gasteiger partial charge is 0.417 e. The predicted molar refractivity (Wildman–Crippen MR) is 190 cm³/mol. The number of aromatic nitrogens is 2. The Balaban J connectivity index is 0.000000221. The number of anilines is 2. The fourth-order valence-corrected chi connectivity index (χ4v) is 7.76. The summed E-state index contributed by atoms with van der Waals surface area (Å²) in [6, 6.07) is 4.75. The number of nitrogens with zero attached hydrogens (tertiary/aromatic N) is 5. The number of methoxy groups -OCH3 is 1. The molecule has 4 aromatic rings. The van der Waals surface area contributed by atoms with E-state index in [0.717, 1.165) is 44.3 Å². The van der Waals surface area contributed by atoms with Gasteiger partial charge in [0.05, 0.1) is 22.9 Å². The molecule has 52 heavy (non-hydrogen) atoms. The summed E-state index contributed by atoms with van der Waals surface area (Å²) < 4.78 is 90.2. The molecule has 2 atom stereocenters. The van der Waals surface area contributed by atoms with Gasteiger partial charge in [0.2, 0.25) is 5.91 Å². The third-order valence-electron chi connectivity index (χ3n) is 9.13. The highest BCUT2D eigenvalue weighted by molar-refractivity contribution is 7.23. The van der Waals surface area contributed by atoms with Gasteiger partial charge in [0.25, 0.3) is 0 Å². The first kappa shape index (κ1) is 38.6. The number of amides is 1. The number of benzene rings is 2. The number of allylic oxidation sites excluding steroid dienone is 1. The highest BCUT2D eigenvalue weighted by Gasteiger charge is 2.38. The van der Waals surface area contributed by atoms with Crippen molar-refractivity contribution in [2.45, 2.75) is 64.3 Å². The first-order chi connectivity index (χ1) is 24.8. The maximum absolute atomic E-state index is 15.9. The minimum Gasteiger partial charge on any atom is -0.467 e. The van der Waals surface area contributed by atoms with E-state index >= 15 is 4.39 Å². The molecule has 0 aliphatic carbocycles. The van der Waals surface area contributed by atoms with E-state index in [1.165, 1.54) is 32.8 Å². The fraction of sp³-hybridized carbons (Fsp3) is 0.444. The van der Waals surface area contributed by atoms with Gasteiger partial charge >= 0.3 is 12.2 Å². The molecule has 2 aromatic carbocycles. The fourth-order valence-electron chi connectivity index (χ4n) is 6.81. The number of ether oxygens (including phenoxy) is 1. The van der Waals surface area contributed by atoms with Crippen LogP contribution in [0.15, 0.2) is 30.4 Å². The number of nitriles is 1. The normalized spacial score (nSPS) is 18.6. The number of halogens is 6. The summed E-state index contributed by atoms with van der Waals surface area (Å²) >= 11 is 0.698. The molecule has 3 fully saturated rings. The van der Waals surface area contributed by atoms with E-state index in [1.54, 1.807) is 25.1 Å². The van der Waals surface area contributed by atoms with E-state index in [9.17, 15) is 32.0 Å². The zero-order chi connectivity index (χ0) is 37.7. The van der Waals surface area contributed by atoms with Crippen molar-refractivity contribution >= 4 is 49.1 Å². The lowest BCUT2D eigenvalue weighted by molar-refractivity contribution is -0.137.